The Labute approximate surface area is 149 Å². The molecule has 0 aromatic rings. The van der Waals surface area contributed by atoms with Crippen LogP contribution in [-0.2, 0) is 8.92 Å². The molecule has 7 heteroatoms. The van der Waals surface area contributed by atoms with Crippen molar-refractivity contribution in [2.24, 2.45) is 4.99 Å². The van der Waals surface area contributed by atoms with Gasteiger partial charge in [0.15, 0.2) is 0 Å². The third-order valence-corrected chi connectivity index (χ3v) is 4.35. The second-order valence-corrected chi connectivity index (χ2v) is 7.78. The number of unbranched alkanes of at least 4 members (excludes halogenated alkanes) is 4. The first kappa shape index (κ1) is 23.4. The van der Waals surface area contributed by atoms with Crippen LogP contribution in [0.1, 0.15) is 65.7 Å². The molecular weight excluding hydrogens is 328 g/mol. The van der Waals surface area contributed by atoms with E-state index in [-0.39, 0.29) is 19.8 Å². The van der Waals surface area contributed by atoms with Crippen LogP contribution in [0, 0.1) is 0 Å². The van der Waals surface area contributed by atoms with Gasteiger partial charge >= 0.3 is 0 Å². The maximum absolute atomic E-state index is 9.94. The van der Waals surface area contributed by atoms with Crippen LogP contribution in [0.2, 0.25) is 0 Å². The third-order valence-electron chi connectivity index (χ3n) is 3.35. The highest BCUT2D eigenvalue weighted by atomic mass is 32.7. The van der Waals surface area contributed by atoms with Gasteiger partial charge in [0, 0.05) is 24.0 Å². The molecule has 0 saturated heterocycles. The Morgan fingerprint density at radius 2 is 1.91 bits per heavy atom. The predicted molar refractivity (Wildman–Crippen MR) is 105 cm³/mol. The Kier molecular flexibility index (Phi) is 17.5. The summed E-state index contributed by atoms with van der Waals surface area (Å²) in [6, 6.07) is -0.00460. The fraction of sp³-hybridized carbons (Fsp3) is 0.938. The number of aliphatic imine (C=N–C) groups is 1. The van der Waals surface area contributed by atoms with E-state index in [1.54, 1.807) is 0 Å². The van der Waals surface area contributed by atoms with Gasteiger partial charge in [-0.1, -0.05) is 46.7 Å². The predicted octanol–water partition coefficient (Wildman–Crippen LogP) is 4.31. The molecule has 3 unspecified atom stereocenters. The van der Waals surface area contributed by atoms with E-state index >= 15 is 0 Å². The number of hydrogen-bond acceptors (Lipinski definition) is 5. The van der Waals surface area contributed by atoms with E-state index in [0.717, 1.165) is 18.6 Å². The Balaban J connectivity index is 3.72. The molecule has 0 fully saturated rings. The molecule has 23 heavy (non-hydrogen) atoms. The first-order chi connectivity index (χ1) is 11.1. The zero-order valence-corrected chi connectivity index (χ0v) is 16.7. The lowest BCUT2D eigenvalue weighted by molar-refractivity contribution is 0.0658. The van der Waals surface area contributed by atoms with Crippen molar-refractivity contribution < 1.29 is 14.0 Å². The maximum atomic E-state index is 9.94. The topological polar surface area (TPSA) is 51.0 Å². The highest BCUT2D eigenvalue weighted by Crippen LogP contribution is 2.24. The number of nitrogens with zero attached hydrogens (tertiary/aromatic N) is 1. The van der Waals surface area contributed by atoms with Crippen molar-refractivity contribution in [3.63, 3.8) is 0 Å². The number of hydrogen-bond donors (Lipinski definition) is 1. The molecule has 0 amide bonds. The fourth-order valence-electron chi connectivity index (χ4n) is 2.20. The normalized spacial score (nSPS) is 14.3. The smallest absolute Gasteiger partial charge is 0.122 e. The first-order valence-corrected chi connectivity index (χ1v) is 11.1. The molecule has 0 aromatic carbocycles. The lowest BCUT2D eigenvalue weighted by Crippen LogP contribution is -2.21. The molecule has 0 aliphatic heterocycles. The van der Waals surface area contributed by atoms with Gasteiger partial charge < -0.3 is 14.0 Å². The Morgan fingerprint density at radius 1 is 1.17 bits per heavy atom. The summed E-state index contributed by atoms with van der Waals surface area (Å²) < 4.78 is 11.0. The van der Waals surface area contributed by atoms with E-state index in [1.165, 1.54) is 37.3 Å². The summed E-state index contributed by atoms with van der Waals surface area (Å²) in [4.78, 5) is 4.50. The van der Waals surface area contributed by atoms with Gasteiger partial charge in [-0.2, -0.15) is 0 Å². The van der Waals surface area contributed by atoms with Gasteiger partial charge in [-0.25, -0.2) is 0 Å². The molecule has 0 heterocycles. The van der Waals surface area contributed by atoms with Crippen molar-refractivity contribution in [2.45, 2.75) is 77.9 Å². The van der Waals surface area contributed by atoms with Crippen LogP contribution in [0.15, 0.2) is 4.99 Å². The molecule has 134 valence electrons. The minimum absolute atomic E-state index is 0.00460. The molecule has 0 aromatic heterocycles. The van der Waals surface area contributed by atoms with E-state index < -0.39 is 0 Å². The average Bonchev–Trinajstić information content (AvgIpc) is 2.50. The quantitative estimate of drug-likeness (QED) is 0.146. The summed E-state index contributed by atoms with van der Waals surface area (Å²) in [5.41, 5.74) is 1.01. The van der Waals surface area contributed by atoms with Crippen LogP contribution in [0.4, 0.5) is 0 Å². The number of ether oxygens (including phenoxy) is 1. The molecule has 1 N–H and O–H groups in total. The van der Waals surface area contributed by atoms with Gasteiger partial charge in [0.05, 0.1) is 25.4 Å². The summed E-state index contributed by atoms with van der Waals surface area (Å²) in [5.74, 6) is 0. The molecule has 0 bridgehead atoms. The second-order valence-electron chi connectivity index (χ2n) is 5.94. The van der Waals surface area contributed by atoms with Crippen LogP contribution >= 0.6 is 19.3 Å². The van der Waals surface area contributed by atoms with Crippen molar-refractivity contribution in [2.75, 3.05) is 19.8 Å². The van der Waals surface area contributed by atoms with Crippen molar-refractivity contribution in [3.8, 4) is 0 Å². The summed E-state index contributed by atoms with van der Waals surface area (Å²) >= 11 is 1.26. The van der Waals surface area contributed by atoms with E-state index in [2.05, 4.69) is 11.9 Å². The third kappa shape index (κ3) is 17.0. The average molecular weight is 361 g/mol. The summed E-state index contributed by atoms with van der Waals surface area (Å²) in [6.45, 7) is 7.73. The van der Waals surface area contributed by atoms with Crippen LogP contribution in [0.3, 0.4) is 0 Å². The zero-order chi connectivity index (χ0) is 17.3. The molecule has 0 spiro atoms. The molecule has 0 aliphatic rings. The number of rotatable bonds is 16. The highest BCUT2D eigenvalue weighted by molar-refractivity contribution is 8.53. The molecule has 4 nitrogen and oxygen atoms in total. The molecule has 3 atom stereocenters. The zero-order valence-electron chi connectivity index (χ0n) is 14.9. The van der Waals surface area contributed by atoms with Gasteiger partial charge in [-0.15, -0.1) is 0 Å². The van der Waals surface area contributed by atoms with Crippen molar-refractivity contribution >= 4 is 32.6 Å². The molecule has 2 radical (unpaired) electrons. The summed E-state index contributed by atoms with van der Waals surface area (Å²) in [7, 11) is 5.63. The van der Waals surface area contributed by atoms with Crippen LogP contribution in [0.5, 0.6) is 0 Å². The fourth-order valence-corrected chi connectivity index (χ4v) is 2.90. The Hall–Kier alpha value is 0.395. The highest BCUT2D eigenvalue weighted by Gasteiger charge is 2.09. The summed E-state index contributed by atoms with van der Waals surface area (Å²) in [5, 5.41) is 9.94. The largest absolute Gasteiger partial charge is 0.393 e. The van der Waals surface area contributed by atoms with Gasteiger partial charge in [-0.05, 0) is 26.7 Å². The molecular formula is C16H33BNO3PS. The monoisotopic (exact) mass is 361 g/mol. The Bertz CT molecular complexity index is 294. The standard InChI is InChI=1S/C16H33BNO3PS/c1-4-5-6-7-8-9-16(19)10-11-20-12-15(18-14(2)3)13-21-23-22-17/h15-16,19,22H,4-13H2,1-3H3. The molecule has 0 aliphatic carbocycles. The first-order valence-electron chi connectivity index (χ1n) is 8.61. The minimum Gasteiger partial charge on any atom is -0.393 e. The number of aliphatic hydroxyl groups excluding tert-OH is 1. The van der Waals surface area contributed by atoms with Crippen molar-refractivity contribution in [1.29, 1.82) is 0 Å². The maximum Gasteiger partial charge on any atom is 0.122 e. The van der Waals surface area contributed by atoms with Gasteiger partial charge in [0.2, 0.25) is 0 Å². The van der Waals surface area contributed by atoms with E-state index in [9.17, 15) is 5.11 Å². The van der Waals surface area contributed by atoms with E-state index in [4.69, 9.17) is 16.5 Å². The lowest BCUT2D eigenvalue weighted by Gasteiger charge is -2.15. The van der Waals surface area contributed by atoms with Crippen molar-refractivity contribution in [3.05, 3.63) is 0 Å². The second kappa shape index (κ2) is 17.2. The van der Waals surface area contributed by atoms with Gasteiger partial charge in [-0.3, -0.25) is 4.99 Å². The van der Waals surface area contributed by atoms with Crippen LogP contribution in [-0.4, -0.2) is 50.4 Å². The summed E-state index contributed by atoms with van der Waals surface area (Å²) in [6.07, 6.45) is 7.46. The van der Waals surface area contributed by atoms with Crippen LogP contribution < -0.4 is 0 Å². The SMILES string of the molecule is [B]PSOCC(COCCC(O)CCCCCCC)N=C(C)C. The van der Waals surface area contributed by atoms with E-state index in [1.807, 2.05) is 13.8 Å². The minimum atomic E-state index is -0.253. The van der Waals surface area contributed by atoms with E-state index in [0.29, 0.717) is 26.2 Å². The lowest BCUT2D eigenvalue weighted by atomic mass is 10.1. The molecule has 0 rings (SSSR count). The molecule has 0 saturated carbocycles. The van der Waals surface area contributed by atoms with Gasteiger partial charge in [0.25, 0.3) is 0 Å². The van der Waals surface area contributed by atoms with Gasteiger partial charge in [0.1, 0.15) is 7.57 Å². The van der Waals surface area contributed by atoms with Crippen LogP contribution in [0.25, 0.3) is 0 Å². The van der Waals surface area contributed by atoms with Crippen molar-refractivity contribution in [1.82, 2.24) is 0 Å². The Morgan fingerprint density at radius 3 is 2.57 bits per heavy atom. The number of aliphatic hydroxyl groups is 1.